The number of likely N-dealkylation sites (tertiary alicyclic amines) is 1. The summed E-state index contributed by atoms with van der Waals surface area (Å²) in [5, 5.41) is 12.0. The zero-order valence-corrected chi connectivity index (χ0v) is 12.0. The molecule has 1 aliphatic rings. The summed E-state index contributed by atoms with van der Waals surface area (Å²) in [5.74, 6) is 0.729. The van der Waals surface area contributed by atoms with Crippen molar-refractivity contribution in [2.24, 2.45) is 11.8 Å². The number of nitrogens with zero attached hydrogens (tertiary/aromatic N) is 2. The van der Waals surface area contributed by atoms with E-state index in [1.165, 1.54) is 6.42 Å². The third kappa shape index (κ3) is 3.99. The molecule has 0 saturated carbocycles. The fourth-order valence-electron chi connectivity index (χ4n) is 2.26. The minimum Gasteiger partial charge on any atom is -0.337 e. The first kappa shape index (κ1) is 15.0. The molecule has 0 bridgehead atoms. The molecule has 0 spiro atoms. The van der Waals surface area contributed by atoms with Crippen LogP contribution in [0.25, 0.3) is 0 Å². The van der Waals surface area contributed by atoms with Gasteiger partial charge in [-0.3, -0.25) is 9.69 Å². The number of piperidine rings is 1. The first-order chi connectivity index (χ1) is 8.37. The van der Waals surface area contributed by atoms with Gasteiger partial charge in [0.2, 0.25) is 5.91 Å². The lowest BCUT2D eigenvalue weighted by atomic mass is 9.90. The van der Waals surface area contributed by atoms with E-state index >= 15 is 0 Å². The van der Waals surface area contributed by atoms with E-state index in [9.17, 15) is 10.1 Å². The molecular weight excluding hydrogens is 226 g/mol. The van der Waals surface area contributed by atoms with Crippen LogP contribution in [0.5, 0.6) is 0 Å². The summed E-state index contributed by atoms with van der Waals surface area (Å²) in [6.07, 6.45) is 2.41. The molecule has 0 aliphatic carbocycles. The van der Waals surface area contributed by atoms with Crippen molar-refractivity contribution in [3.05, 3.63) is 0 Å². The van der Waals surface area contributed by atoms with Crippen molar-refractivity contribution in [1.29, 1.82) is 5.26 Å². The normalized spacial score (nSPS) is 24.3. The van der Waals surface area contributed by atoms with Gasteiger partial charge in [-0.1, -0.05) is 20.8 Å². The summed E-state index contributed by atoms with van der Waals surface area (Å²) in [5.41, 5.74) is -0.765. The predicted octanol–water partition coefficient (Wildman–Crippen LogP) is 1.77. The van der Waals surface area contributed by atoms with Crippen LogP contribution in [0.3, 0.4) is 0 Å². The highest BCUT2D eigenvalue weighted by molar-refractivity contribution is 5.79. The smallest absolute Gasteiger partial charge is 0.235 e. The highest BCUT2D eigenvalue weighted by atomic mass is 16.2. The second-order valence-electron chi connectivity index (χ2n) is 6.00. The van der Waals surface area contributed by atoms with E-state index in [1.54, 1.807) is 6.92 Å². The van der Waals surface area contributed by atoms with Crippen LogP contribution >= 0.6 is 0 Å². The lowest BCUT2D eigenvalue weighted by Crippen LogP contribution is -2.52. The Morgan fingerprint density at radius 2 is 2.28 bits per heavy atom. The summed E-state index contributed by atoms with van der Waals surface area (Å²) in [6.45, 7) is 10.3. The number of carbonyl (C=O) groups excluding carboxylic acids is 1. The van der Waals surface area contributed by atoms with E-state index in [1.807, 2.05) is 13.8 Å². The van der Waals surface area contributed by atoms with Crippen LogP contribution in [0, 0.1) is 23.2 Å². The lowest BCUT2D eigenvalue weighted by molar-refractivity contribution is -0.124. The quantitative estimate of drug-likeness (QED) is 0.828. The Labute approximate surface area is 110 Å². The Morgan fingerprint density at radius 3 is 2.78 bits per heavy atom. The van der Waals surface area contributed by atoms with Gasteiger partial charge in [-0.15, -0.1) is 0 Å². The van der Waals surface area contributed by atoms with Crippen LogP contribution in [0.2, 0.25) is 0 Å². The van der Waals surface area contributed by atoms with Crippen LogP contribution in [-0.4, -0.2) is 36.0 Å². The number of rotatable bonds is 4. The Bertz CT molecular complexity index is 334. The zero-order valence-electron chi connectivity index (χ0n) is 12.0. The van der Waals surface area contributed by atoms with Gasteiger partial charge < -0.3 is 5.32 Å². The summed E-state index contributed by atoms with van der Waals surface area (Å²) in [7, 11) is 0. The molecule has 0 radical (unpaired) electrons. The molecule has 4 nitrogen and oxygen atoms in total. The van der Waals surface area contributed by atoms with Crippen molar-refractivity contribution in [1.82, 2.24) is 10.2 Å². The maximum atomic E-state index is 12.0. The highest BCUT2D eigenvalue weighted by Crippen LogP contribution is 2.17. The van der Waals surface area contributed by atoms with Gasteiger partial charge >= 0.3 is 0 Å². The molecule has 1 saturated heterocycles. The molecule has 2 atom stereocenters. The van der Waals surface area contributed by atoms with Gasteiger partial charge in [-0.2, -0.15) is 5.26 Å². The van der Waals surface area contributed by atoms with Gasteiger partial charge in [0.05, 0.1) is 12.6 Å². The average Bonchev–Trinajstić information content (AvgIpc) is 2.28. The molecule has 4 heteroatoms. The summed E-state index contributed by atoms with van der Waals surface area (Å²) in [4.78, 5) is 14.2. The molecule has 1 fully saturated rings. The third-order valence-corrected chi connectivity index (χ3v) is 3.89. The summed E-state index contributed by atoms with van der Waals surface area (Å²) >= 11 is 0. The number of carbonyl (C=O) groups is 1. The molecule has 18 heavy (non-hydrogen) atoms. The Morgan fingerprint density at radius 1 is 1.61 bits per heavy atom. The first-order valence-corrected chi connectivity index (χ1v) is 6.82. The molecule has 1 amide bonds. The maximum absolute atomic E-state index is 12.0. The Hall–Kier alpha value is -1.08. The molecule has 0 aromatic rings. The van der Waals surface area contributed by atoms with Crippen LogP contribution in [0.1, 0.15) is 40.5 Å². The highest BCUT2D eigenvalue weighted by Gasteiger charge is 2.30. The van der Waals surface area contributed by atoms with Crippen LogP contribution in [0.15, 0.2) is 0 Å². The molecule has 1 rings (SSSR count). The summed E-state index contributed by atoms with van der Waals surface area (Å²) in [6, 6.07) is 2.20. The standard InChI is InChI=1S/C14H25N3O/c1-11(2)14(4,10-15)16-13(18)9-17-7-5-6-12(3)8-17/h11-12H,5-9H2,1-4H3,(H,16,18)/t12-,14+/m0/s1. The van der Waals surface area contributed by atoms with E-state index in [0.29, 0.717) is 12.5 Å². The van der Waals surface area contributed by atoms with E-state index < -0.39 is 5.54 Å². The molecule has 1 aliphatic heterocycles. The van der Waals surface area contributed by atoms with E-state index in [0.717, 1.165) is 19.5 Å². The second-order valence-corrected chi connectivity index (χ2v) is 6.00. The van der Waals surface area contributed by atoms with Gasteiger partial charge in [0.25, 0.3) is 0 Å². The van der Waals surface area contributed by atoms with Crippen LogP contribution < -0.4 is 5.32 Å². The molecule has 102 valence electrons. The minimum absolute atomic E-state index is 0.0400. The largest absolute Gasteiger partial charge is 0.337 e. The monoisotopic (exact) mass is 251 g/mol. The fourth-order valence-corrected chi connectivity index (χ4v) is 2.26. The Kier molecular flexibility index (Phi) is 5.15. The van der Waals surface area contributed by atoms with Crippen molar-refractivity contribution < 1.29 is 4.79 Å². The lowest BCUT2D eigenvalue weighted by Gasteiger charge is -2.32. The number of nitrogens with one attached hydrogen (secondary N) is 1. The Balaban J connectivity index is 2.48. The van der Waals surface area contributed by atoms with E-state index in [-0.39, 0.29) is 11.8 Å². The number of amides is 1. The van der Waals surface area contributed by atoms with Gasteiger partial charge in [-0.25, -0.2) is 0 Å². The molecule has 1 N–H and O–H groups in total. The minimum atomic E-state index is -0.765. The number of hydrogen-bond donors (Lipinski definition) is 1. The third-order valence-electron chi connectivity index (χ3n) is 3.89. The predicted molar refractivity (Wildman–Crippen MR) is 71.8 cm³/mol. The molecule has 1 heterocycles. The van der Waals surface area contributed by atoms with Gasteiger partial charge in [0, 0.05) is 6.54 Å². The summed E-state index contributed by atoms with van der Waals surface area (Å²) < 4.78 is 0. The van der Waals surface area contributed by atoms with Crippen LogP contribution in [-0.2, 0) is 4.79 Å². The number of nitriles is 1. The van der Waals surface area contributed by atoms with E-state index in [2.05, 4.69) is 23.2 Å². The molecule has 0 aromatic heterocycles. The fraction of sp³-hybridized carbons (Fsp3) is 0.857. The SMILES string of the molecule is CC(C)[C@@](C)(C#N)NC(=O)CN1CCC[C@H](C)C1. The topological polar surface area (TPSA) is 56.1 Å². The molecule has 0 unspecified atom stereocenters. The van der Waals surface area contributed by atoms with Crippen LogP contribution in [0.4, 0.5) is 0 Å². The van der Waals surface area contributed by atoms with Crippen molar-refractivity contribution in [2.45, 2.75) is 46.1 Å². The van der Waals surface area contributed by atoms with Crippen molar-refractivity contribution >= 4 is 5.91 Å². The molecule has 0 aromatic carbocycles. The van der Waals surface area contributed by atoms with Gasteiger partial charge in [0.15, 0.2) is 0 Å². The van der Waals surface area contributed by atoms with Gasteiger partial charge in [-0.05, 0) is 38.1 Å². The van der Waals surface area contributed by atoms with Crippen molar-refractivity contribution in [3.63, 3.8) is 0 Å². The first-order valence-electron chi connectivity index (χ1n) is 6.82. The average molecular weight is 251 g/mol. The van der Waals surface area contributed by atoms with Crippen molar-refractivity contribution in [2.75, 3.05) is 19.6 Å². The number of hydrogen-bond acceptors (Lipinski definition) is 3. The molecular formula is C14H25N3O. The second kappa shape index (κ2) is 6.19. The van der Waals surface area contributed by atoms with Crippen molar-refractivity contribution in [3.8, 4) is 6.07 Å². The maximum Gasteiger partial charge on any atom is 0.235 e. The van der Waals surface area contributed by atoms with E-state index in [4.69, 9.17) is 0 Å². The zero-order chi connectivity index (χ0) is 13.8. The van der Waals surface area contributed by atoms with Gasteiger partial charge in [0.1, 0.15) is 5.54 Å².